The van der Waals surface area contributed by atoms with E-state index in [1.807, 2.05) is 0 Å². The van der Waals surface area contributed by atoms with Crippen LogP contribution in [0.15, 0.2) is 40.4 Å². The van der Waals surface area contributed by atoms with Crippen LogP contribution < -0.4 is 16.6 Å². The third-order valence-corrected chi connectivity index (χ3v) is 3.81. The maximum absolute atomic E-state index is 12.1. The number of benzene rings is 1. The smallest absolute Gasteiger partial charge is 0.329 e. The van der Waals surface area contributed by atoms with Crippen LogP contribution in [-0.2, 0) is 20.0 Å². The number of nitrogens with zero attached hydrogens (tertiary/aromatic N) is 1. The first-order valence-corrected chi connectivity index (χ1v) is 7.30. The summed E-state index contributed by atoms with van der Waals surface area (Å²) in [5.41, 5.74) is 0.412. The van der Waals surface area contributed by atoms with E-state index in [0.29, 0.717) is 34.4 Å². The standard InChI is InChI=1S/C15H15Cl2N3O2/c1-3-4-11-13(19-15(22)20(2)14(11)21)18-8-9-5-6-10(16)7-12(9)17/h3,5-7,18H,1,4,8H2,2H3,(H,19,22). The van der Waals surface area contributed by atoms with Crippen LogP contribution in [0.25, 0.3) is 0 Å². The number of H-pyrrole nitrogens is 1. The van der Waals surface area contributed by atoms with E-state index in [-0.39, 0.29) is 5.56 Å². The second-order valence-electron chi connectivity index (χ2n) is 4.73. The van der Waals surface area contributed by atoms with Crippen LogP contribution in [0.1, 0.15) is 11.1 Å². The number of nitrogens with one attached hydrogen (secondary N) is 2. The van der Waals surface area contributed by atoms with E-state index in [2.05, 4.69) is 16.9 Å². The summed E-state index contributed by atoms with van der Waals surface area (Å²) in [5.74, 6) is 0.374. The molecule has 0 saturated carbocycles. The van der Waals surface area contributed by atoms with E-state index < -0.39 is 5.69 Å². The van der Waals surface area contributed by atoms with Gasteiger partial charge in [0.1, 0.15) is 5.82 Å². The molecular formula is C15H15Cl2N3O2. The molecule has 0 aliphatic carbocycles. The van der Waals surface area contributed by atoms with Gasteiger partial charge in [-0.25, -0.2) is 4.79 Å². The molecule has 2 rings (SSSR count). The van der Waals surface area contributed by atoms with Crippen LogP contribution in [0.3, 0.4) is 0 Å². The molecule has 22 heavy (non-hydrogen) atoms. The Bertz CT molecular complexity index is 825. The Morgan fingerprint density at radius 1 is 1.36 bits per heavy atom. The predicted molar refractivity (Wildman–Crippen MR) is 90.0 cm³/mol. The molecule has 0 spiro atoms. The second-order valence-corrected chi connectivity index (χ2v) is 5.57. The van der Waals surface area contributed by atoms with Gasteiger partial charge in [-0.15, -0.1) is 6.58 Å². The van der Waals surface area contributed by atoms with Crippen molar-refractivity contribution in [2.75, 3.05) is 5.32 Å². The first-order chi connectivity index (χ1) is 10.4. The van der Waals surface area contributed by atoms with Crippen molar-refractivity contribution in [1.82, 2.24) is 9.55 Å². The number of hydrogen-bond donors (Lipinski definition) is 2. The van der Waals surface area contributed by atoms with Crippen molar-refractivity contribution in [3.8, 4) is 0 Å². The number of hydrogen-bond acceptors (Lipinski definition) is 3. The molecule has 1 heterocycles. The fraction of sp³-hybridized carbons (Fsp3) is 0.200. The maximum atomic E-state index is 12.1. The fourth-order valence-corrected chi connectivity index (χ4v) is 2.48. The van der Waals surface area contributed by atoms with Gasteiger partial charge >= 0.3 is 5.69 Å². The van der Waals surface area contributed by atoms with Crippen molar-refractivity contribution in [1.29, 1.82) is 0 Å². The molecule has 0 aliphatic heterocycles. The maximum Gasteiger partial charge on any atom is 0.329 e. The van der Waals surface area contributed by atoms with Crippen LogP contribution in [0, 0.1) is 0 Å². The molecule has 0 unspecified atom stereocenters. The van der Waals surface area contributed by atoms with Crippen LogP contribution in [0.5, 0.6) is 0 Å². The average molecular weight is 340 g/mol. The van der Waals surface area contributed by atoms with Crippen molar-refractivity contribution in [3.05, 3.63) is 72.9 Å². The summed E-state index contributed by atoms with van der Waals surface area (Å²) in [4.78, 5) is 26.5. The number of allylic oxidation sites excluding steroid dienone is 1. The third kappa shape index (κ3) is 3.43. The first-order valence-electron chi connectivity index (χ1n) is 6.55. The summed E-state index contributed by atoms with van der Waals surface area (Å²) in [6, 6.07) is 5.14. The van der Waals surface area contributed by atoms with E-state index in [4.69, 9.17) is 23.2 Å². The topological polar surface area (TPSA) is 66.9 Å². The molecule has 2 N–H and O–H groups in total. The van der Waals surface area contributed by atoms with Gasteiger partial charge in [-0.3, -0.25) is 14.3 Å². The minimum atomic E-state index is -0.484. The summed E-state index contributed by atoms with van der Waals surface area (Å²) in [5, 5.41) is 4.09. The molecule has 0 radical (unpaired) electrons. The highest BCUT2D eigenvalue weighted by molar-refractivity contribution is 6.35. The highest BCUT2D eigenvalue weighted by Crippen LogP contribution is 2.21. The van der Waals surface area contributed by atoms with Crippen LogP contribution >= 0.6 is 23.2 Å². The Morgan fingerprint density at radius 3 is 2.73 bits per heavy atom. The molecule has 0 aliphatic rings. The molecule has 5 nitrogen and oxygen atoms in total. The largest absolute Gasteiger partial charge is 0.367 e. The summed E-state index contributed by atoms with van der Waals surface area (Å²) in [6.45, 7) is 3.98. The van der Waals surface area contributed by atoms with Gasteiger partial charge in [0, 0.05) is 23.6 Å². The monoisotopic (exact) mass is 339 g/mol. The average Bonchev–Trinajstić information content (AvgIpc) is 2.47. The Kier molecular flexibility index (Phi) is 5.11. The number of halogens is 2. The lowest BCUT2D eigenvalue weighted by atomic mass is 10.2. The van der Waals surface area contributed by atoms with Gasteiger partial charge in [0.05, 0.1) is 5.56 Å². The lowest BCUT2D eigenvalue weighted by Gasteiger charge is -2.12. The van der Waals surface area contributed by atoms with Gasteiger partial charge < -0.3 is 5.32 Å². The van der Waals surface area contributed by atoms with Gasteiger partial charge in [-0.2, -0.15) is 0 Å². The number of anilines is 1. The predicted octanol–water partition coefficient (Wildman–Crippen LogP) is 2.72. The Labute approximate surface area is 137 Å². The van der Waals surface area contributed by atoms with Crippen molar-refractivity contribution in [2.45, 2.75) is 13.0 Å². The van der Waals surface area contributed by atoms with Gasteiger partial charge in [0.2, 0.25) is 0 Å². The van der Waals surface area contributed by atoms with Gasteiger partial charge in [0.25, 0.3) is 5.56 Å². The molecule has 0 atom stereocenters. The normalized spacial score (nSPS) is 10.5. The van der Waals surface area contributed by atoms with Crippen LogP contribution in [0.2, 0.25) is 10.0 Å². The van der Waals surface area contributed by atoms with Crippen molar-refractivity contribution >= 4 is 29.0 Å². The Morgan fingerprint density at radius 2 is 2.09 bits per heavy atom. The molecule has 0 saturated heterocycles. The second kappa shape index (κ2) is 6.85. The molecule has 7 heteroatoms. The van der Waals surface area contributed by atoms with Crippen molar-refractivity contribution in [3.63, 3.8) is 0 Å². The van der Waals surface area contributed by atoms with Crippen molar-refractivity contribution in [2.24, 2.45) is 7.05 Å². The Hall–Kier alpha value is -1.98. The van der Waals surface area contributed by atoms with E-state index in [1.54, 1.807) is 24.3 Å². The summed E-state index contributed by atoms with van der Waals surface area (Å²) < 4.78 is 1.03. The first kappa shape index (κ1) is 16.4. The number of aromatic amines is 1. The van der Waals surface area contributed by atoms with Gasteiger partial charge in [0.15, 0.2) is 0 Å². The van der Waals surface area contributed by atoms with Gasteiger partial charge in [-0.05, 0) is 24.1 Å². The zero-order chi connectivity index (χ0) is 16.3. The zero-order valence-electron chi connectivity index (χ0n) is 12.0. The molecule has 0 bridgehead atoms. The molecule has 0 amide bonds. The lowest BCUT2D eigenvalue weighted by molar-refractivity contribution is 0.760. The van der Waals surface area contributed by atoms with E-state index in [0.717, 1.165) is 10.1 Å². The van der Waals surface area contributed by atoms with Gasteiger partial charge in [-0.1, -0.05) is 35.3 Å². The van der Waals surface area contributed by atoms with E-state index in [1.165, 1.54) is 7.05 Å². The molecule has 1 aromatic heterocycles. The highest BCUT2D eigenvalue weighted by atomic mass is 35.5. The lowest BCUT2D eigenvalue weighted by Crippen LogP contribution is -2.36. The highest BCUT2D eigenvalue weighted by Gasteiger charge is 2.11. The van der Waals surface area contributed by atoms with E-state index >= 15 is 0 Å². The zero-order valence-corrected chi connectivity index (χ0v) is 13.5. The Balaban J connectivity index is 2.35. The molecule has 1 aromatic carbocycles. The minimum Gasteiger partial charge on any atom is -0.367 e. The van der Waals surface area contributed by atoms with Crippen LogP contribution in [-0.4, -0.2) is 9.55 Å². The number of rotatable bonds is 5. The van der Waals surface area contributed by atoms with Crippen LogP contribution in [0.4, 0.5) is 5.82 Å². The van der Waals surface area contributed by atoms with E-state index in [9.17, 15) is 9.59 Å². The quantitative estimate of drug-likeness (QED) is 0.823. The summed E-state index contributed by atoms with van der Waals surface area (Å²) in [7, 11) is 1.42. The summed E-state index contributed by atoms with van der Waals surface area (Å²) >= 11 is 12.0. The fourth-order valence-electron chi connectivity index (χ4n) is 2.00. The SMILES string of the molecule is C=CCc1c(NCc2ccc(Cl)cc2Cl)[nH]c(=O)n(C)c1=O. The molecule has 116 valence electrons. The molecule has 2 aromatic rings. The third-order valence-electron chi connectivity index (χ3n) is 3.22. The minimum absolute atomic E-state index is 0.347. The summed E-state index contributed by atoms with van der Waals surface area (Å²) in [6.07, 6.45) is 1.95. The molecule has 0 fully saturated rings. The van der Waals surface area contributed by atoms with Crippen molar-refractivity contribution < 1.29 is 0 Å². The molecular weight excluding hydrogens is 325 g/mol. The number of aromatic nitrogens is 2.